The molecule has 0 saturated carbocycles. The van der Waals surface area contributed by atoms with Gasteiger partial charge in [-0.1, -0.05) is 41.4 Å². The zero-order valence-corrected chi connectivity index (χ0v) is 15.5. The molecular weight excluding hydrogens is 383 g/mol. The number of rotatable bonds is 8. The molecule has 2 aromatic carbocycles. The van der Waals surface area contributed by atoms with Crippen LogP contribution in [0.5, 0.6) is 5.75 Å². The van der Waals surface area contributed by atoms with Gasteiger partial charge in [-0.25, -0.2) is 0 Å². The Morgan fingerprint density at radius 3 is 2.44 bits per heavy atom. The molecule has 0 saturated heterocycles. The number of thioether (sulfide) groups is 1. The van der Waals surface area contributed by atoms with Crippen LogP contribution < -0.4 is 15.8 Å². The zero-order valence-electron chi connectivity index (χ0n) is 13.1. The van der Waals surface area contributed by atoms with E-state index in [-0.39, 0.29) is 17.2 Å². The third kappa shape index (κ3) is 5.85. The number of nitrogens with one attached hydrogen (secondary N) is 1. The number of hydrogen-bond donors (Lipinski definition) is 2. The summed E-state index contributed by atoms with van der Waals surface area (Å²) >= 11 is 13.4. The summed E-state index contributed by atoms with van der Waals surface area (Å²) in [5.74, 6) is 0.411. The van der Waals surface area contributed by atoms with Crippen molar-refractivity contribution in [3.8, 4) is 5.75 Å². The molecule has 0 aliphatic carbocycles. The largest absolute Gasteiger partial charge is 0.490 e. The Bertz CT molecular complexity index is 751. The van der Waals surface area contributed by atoms with E-state index in [0.717, 1.165) is 0 Å². The van der Waals surface area contributed by atoms with E-state index in [1.165, 1.54) is 11.8 Å². The predicted molar refractivity (Wildman–Crippen MR) is 103 cm³/mol. The maximum Gasteiger partial charge on any atom is 0.250 e. The van der Waals surface area contributed by atoms with Gasteiger partial charge in [-0.2, -0.15) is 0 Å². The molecule has 0 unspecified atom stereocenters. The van der Waals surface area contributed by atoms with Gasteiger partial charge in [0.25, 0.3) is 5.91 Å². The van der Waals surface area contributed by atoms with Gasteiger partial charge < -0.3 is 15.8 Å². The van der Waals surface area contributed by atoms with Crippen LogP contribution in [0.1, 0.15) is 10.4 Å². The number of ether oxygens (including phenoxy) is 1. The van der Waals surface area contributed by atoms with Crippen molar-refractivity contribution in [3.63, 3.8) is 0 Å². The molecule has 0 aliphatic rings. The van der Waals surface area contributed by atoms with Crippen LogP contribution in [0, 0.1) is 0 Å². The summed E-state index contributed by atoms with van der Waals surface area (Å²) in [6, 6.07) is 11.7. The Morgan fingerprint density at radius 2 is 1.76 bits per heavy atom. The fraction of sp³-hybridized carbons (Fsp3) is 0.176. The van der Waals surface area contributed by atoms with Crippen LogP contribution in [0.2, 0.25) is 10.0 Å². The van der Waals surface area contributed by atoms with Crippen LogP contribution in [0.15, 0.2) is 42.5 Å². The molecule has 132 valence electrons. The fourth-order valence-electron chi connectivity index (χ4n) is 1.98. The second kappa shape index (κ2) is 9.56. The van der Waals surface area contributed by atoms with Crippen molar-refractivity contribution in [3.05, 3.63) is 58.1 Å². The van der Waals surface area contributed by atoms with Gasteiger partial charge in [0.15, 0.2) is 5.75 Å². The van der Waals surface area contributed by atoms with Gasteiger partial charge in [0.1, 0.15) is 0 Å². The Hall–Kier alpha value is -1.89. The summed E-state index contributed by atoms with van der Waals surface area (Å²) in [4.78, 5) is 23.3. The lowest BCUT2D eigenvalue weighted by molar-refractivity contribution is -0.113. The van der Waals surface area contributed by atoms with Gasteiger partial charge in [-0.3, -0.25) is 9.59 Å². The van der Waals surface area contributed by atoms with Crippen molar-refractivity contribution in [1.29, 1.82) is 0 Å². The number of anilines is 1. The van der Waals surface area contributed by atoms with E-state index in [1.54, 1.807) is 42.5 Å². The lowest BCUT2D eigenvalue weighted by Crippen LogP contribution is -2.19. The SMILES string of the molecule is NC(=O)c1ccccc1NC(=O)CSCCOc1c(Cl)cccc1Cl. The summed E-state index contributed by atoms with van der Waals surface area (Å²) in [5, 5.41) is 3.56. The van der Waals surface area contributed by atoms with Crippen molar-refractivity contribution in [2.75, 3.05) is 23.4 Å². The van der Waals surface area contributed by atoms with Crippen molar-refractivity contribution in [2.45, 2.75) is 0 Å². The van der Waals surface area contributed by atoms with E-state index >= 15 is 0 Å². The summed E-state index contributed by atoms with van der Waals surface area (Å²) in [7, 11) is 0. The standard InChI is InChI=1S/C17H16Cl2N2O3S/c18-12-5-3-6-13(19)16(12)24-8-9-25-10-15(22)21-14-7-2-1-4-11(14)17(20)23/h1-7H,8-10H2,(H2,20,23)(H,21,22). The number of hydrogen-bond acceptors (Lipinski definition) is 4. The second-order valence-corrected chi connectivity index (χ2v) is 6.83. The van der Waals surface area contributed by atoms with Crippen LogP contribution >= 0.6 is 35.0 Å². The van der Waals surface area contributed by atoms with Crippen molar-refractivity contribution < 1.29 is 14.3 Å². The van der Waals surface area contributed by atoms with Gasteiger partial charge in [-0.15, -0.1) is 11.8 Å². The average molecular weight is 399 g/mol. The number of amides is 2. The maximum absolute atomic E-state index is 12.0. The van der Waals surface area contributed by atoms with Crippen molar-refractivity contribution >= 4 is 52.5 Å². The average Bonchev–Trinajstić information content (AvgIpc) is 2.57. The molecule has 2 amide bonds. The number of carbonyl (C=O) groups excluding carboxylic acids is 2. The Morgan fingerprint density at radius 1 is 1.08 bits per heavy atom. The highest BCUT2D eigenvalue weighted by Gasteiger charge is 2.10. The maximum atomic E-state index is 12.0. The highest BCUT2D eigenvalue weighted by molar-refractivity contribution is 7.99. The first-order chi connectivity index (χ1) is 12.0. The van der Waals surface area contributed by atoms with E-state index in [1.807, 2.05) is 0 Å². The molecule has 2 aromatic rings. The van der Waals surface area contributed by atoms with Gasteiger partial charge in [0.05, 0.1) is 33.7 Å². The summed E-state index contributed by atoms with van der Waals surface area (Å²) in [6.45, 7) is 0.360. The minimum absolute atomic E-state index is 0.215. The molecule has 25 heavy (non-hydrogen) atoms. The number of primary amides is 1. The predicted octanol–water partition coefficient (Wildman–Crippen LogP) is 3.84. The summed E-state index contributed by atoms with van der Waals surface area (Å²) < 4.78 is 5.54. The third-order valence-electron chi connectivity index (χ3n) is 3.09. The molecule has 0 bridgehead atoms. The molecule has 8 heteroatoms. The second-order valence-electron chi connectivity index (χ2n) is 4.91. The number of nitrogens with two attached hydrogens (primary N) is 1. The first-order valence-corrected chi connectivity index (χ1v) is 9.23. The highest BCUT2D eigenvalue weighted by atomic mass is 35.5. The molecule has 0 atom stereocenters. The zero-order chi connectivity index (χ0) is 18.2. The van der Waals surface area contributed by atoms with E-state index in [2.05, 4.69) is 5.32 Å². The lowest BCUT2D eigenvalue weighted by Gasteiger charge is -2.10. The lowest BCUT2D eigenvalue weighted by atomic mass is 10.1. The Balaban J connectivity index is 1.75. The van der Waals surface area contributed by atoms with Gasteiger partial charge in [0.2, 0.25) is 5.91 Å². The highest BCUT2D eigenvalue weighted by Crippen LogP contribution is 2.32. The van der Waals surface area contributed by atoms with Gasteiger partial charge in [0, 0.05) is 5.75 Å². The first kappa shape index (κ1) is 19.4. The number of carbonyl (C=O) groups is 2. The van der Waals surface area contributed by atoms with Crippen molar-refractivity contribution in [1.82, 2.24) is 0 Å². The van der Waals surface area contributed by atoms with Crippen LogP contribution in [-0.4, -0.2) is 29.9 Å². The molecule has 0 heterocycles. The van der Waals surface area contributed by atoms with E-state index in [4.69, 9.17) is 33.7 Å². The first-order valence-electron chi connectivity index (χ1n) is 7.32. The monoisotopic (exact) mass is 398 g/mol. The van der Waals surface area contributed by atoms with E-state index < -0.39 is 5.91 Å². The minimum atomic E-state index is -0.589. The fourth-order valence-corrected chi connectivity index (χ4v) is 3.09. The minimum Gasteiger partial charge on any atom is -0.490 e. The van der Waals surface area contributed by atoms with E-state index in [0.29, 0.717) is 33.8 Å². The molecule has 5 nitrogen and oxygen atoms in total. The van der Waals surface area contributed by atoms with Gasteiger partial charge >= 0.3 is 0 Å². The molecule has 0 aromatic heterocycles. The third-order valence-corrected chi connectivity index (χ3v) is 4.61. The summed E-state index contributed by atoms with van der Waals surface area (Å²) in [6.07, 6.45) is 0. The Kier molecular flexibility index (Phi) is 7.43. The Labute approximate surface area is 159 Å². The molecule has 0 spiro atoms. The molecule has 0 fully saturated rings. The van der Waals surface area contributed by atoms with Crippen LogP contribution in [-0.2, 0) is 4.79 Å². The number of para-hydroxylation sites is 2. The van der Waals surface area contributed by atoms with Gasteiger partial charge in [-0.05, 0) is 24.3 Å². The molecule has 0 radical (unpaired) electrons. The molecule has 3 N–H and O–H groups in total. The normalized spacial score (nSPS) is 10.3. The number of halogens is 2. The van der Waals surface area contributed by atoms with Crippen LogP contribution in [0.4, 0.5) is 5.69 Å². The molecule has 0 aliphatic heterocycles. The van der Waals surface area contributed by atoms with Crippen molar-refractivity contribution in [2.24, 2.45) is 5.73 Å². The molecule has 2 rings (SSSR count). The summed E-state index contributed by atoms with van der Waals surface area (Å²) in [5.41, 5.74) is 5.95. The smallest absolute Gasteiger partial charge is 0.250 e. The van der Waals surface area contributed by atoms with Crippen LogP contribution in [0.25, 0.3) is 0 Å². The quantitative estimate of drug-likeness (QED) is 0.661. The number of benzene rings is 2. The molecular formula is C17H16Cl2N2O3S. The van der Waals surface area contributed by atoms with Crippen LogP contribution in [0.3, 0.4) is 0 Å². The topological polar surface area (TPSA) is 81.4 Å². The van der Waals surface area contributed by atoms with E-state index in [9.17, 15) is 9.59 Å².